The van der Waals surface area contributed by atoms with Gasteiger partial charge in [0.05, 0.1) is 18.6 Å². The minimum atomic E-state index is -4.50. The lowest BCUT2D eigenvalue weighted by atomic mass is 9.97. The van der Waals surface area contributed by atoms with Crippen LogP contribution in [0.25, 0.3) is 0 Å². The Morgan fingerprint density at radius 1 is 1.13 bits per heavy atom. The Morgan fingerprint density at radius 2 is 1.77 bits per heavy atom. The lowest BCUT2D eigenvalue weighted by molar-refractivity contribution is -0.138. The number of nitrogens with one attached hydrogen (secondary N) is 1. The lowest BCUT2D eigenvalue weighted by Gasteiger charge is -2.38. The number of carbonyl (C=O) groups is 1. The first kappa shape index (κ1) is 22.9. The van der Waals surface area contributed by atoms with E-state index in [1.807, 2.05) is 26.0 Å². The quantitative estimate of drug-likeness (QED) is 0.711. The first-order valence-electron chi connectivity index (χ1n) is 10.0. The van der Waals surface area contributed by atoms with Crippen LogP contribution in [0.5, 0.6) is 11.5 Å². The lowest BCUT2D eigenvalue weighted by Crippen LogP contribution is -2.52. The molecular formula is C23H27F3N2O3. The molecule has 2 aromatic carbocycles. The molecule has 0 saturated carbocycles. The highest BCUT2D eigenvalue weighted by Gasteiger charge is 2.34. The van der Waals surface area contributed by atoms with Gasteiger partial charge in [0.1, 0.15) is 18.1 Å². The van der Waals surface area contributed by atoms with Crippen LogP contribution in [0.3, 0.4) is 0 Å². The summed E-state index contributed by atoms with van der Waals surface area (Å²) in [6, 6.07) is 7.98. The molecule has 2 aromatic rings. The summed E-state index contributed by atoms with van der Waals surface area (Å²) >= 11 is 0. The zero-order valence-corrected chi connectivity index (χ0v) is 18.1. The van der Waals surface area contributed by atoms with Crippen molar-refractivity contribution >= 4 is 5.91 Å². The second-order valence-corrected chi connectivity index (χ2v) is 7.89. The van der Waals surface area contributed by atoms with E-state index in [-0.39, 0.29) is 24.2 Å². The largest absolute Gasteiger partial charge is 0.496 e. The van der Waals surface area contributed by atoms with Crippen molar-refractivity contribution in [2.45, 2.75) is 33.2 Å². The number of methoxy groups -OCH3 is 1. The molecular weight excluding hydrogens is 409 g/mol. The van der Waals surface area contributed by atoms with Gasteiger partial charge in [-0.1, -0.05) is 18.2 Å². The van der Waals surface area contributed by atoms with Gasteiger partial charge >= 0.3 is 6.18 Å². The summed E-state index contributed by atoms with van der Waals surface area (Å²) in [6.45, 7) is 6.07. The van der Waals surface area contributed by atoms with E-state index < -0.39 is 11.7 Å². The second kappa shape index (κ2) is 9.18. The normalized spacial score (nSPS) is 14.8. The summed E-state index contributed by atoms with van der Waals surface area (Å²) in [6.07, 6.45) is -4.50. The number of aryl methyl sites for hydroxylation is 2. The van der Waals surface area contributed by atoms with Crippen molar-refractivity contribution in [1.82, 2.24) is 10.2 Å². The van der Waals surface area contributed by atoms with E-state index in [1.165, 1.54) is 13.2 Å². The van der Waals surface area contributed by atoms with Crippen molar-refractivity contribution in [3.05, 3.63) is 58.1 Å². The number of hydrogen-bond acceptors (Lipinski definition) is 4. The van der Waals surface area contributed by atoms with Crippen LogP contribution in [0.2, 0.25) is 0 Å². The molecule has 5 nitrogen and oxygen atoms in total. The molecule has 3 rings (SSSR count). The van der Waals surface area contributed by atoms with Crippen molar-refractivity contribution in [1.29, 1.82) is 0 Å². The molecule has 1 aliphatic heterocycles. The van der Waals surface area contributed by atoms with Crippen molar-refractivity contribution in [3.8, 4) is 11.5 Å². The number of halogens is 3. The van der Waals surface area contributed by atoms with Gasteiger partial charge in [-0.05, 0) is 48.2 Å². The maximum atomic E-state index is 13.2. The number of ether oxygens (including phenoxy) is 2. The van der Waals surface area contributed by atoms with Crippen LogP contribution in [0, 0.1) is 19.8 Å². The van der Waals surface area contributed by atoms with Crippen molar-refractivity contribution in [2.75, 3.05) is 27.2 Å². The van der Waals surface area contributed by atoms with Crippen molar-refractivity contribution in [2.24, 2.45) is 5.92 Å². The first-order valence-corrected chi connectivity index (χ1v) is 10.0. The molecule has 0 aromatic heterocycles. The predicted molar refractivity (Wildman–Crippen MR) is 111 cm³/mol. The fourth-order valence-corrected chi connectivity index (χ4v) is 3.91. The second-order valence-electron chi connectivity index (χ2n) is 7.89. The molecule has 0 radical (unpaired) electrons. The van der Waals surface area contributed by atoms with Gasteiger partial charge in [0.2, 0.25) is 5.91 Å². The maximum Gasteiger partial charge on any atom is 0.419 e. The van der Waals surface area contributed by atoms with Crippen LogP contribution in [0.1, 0.15) is 27.8 Å². The maximum absolute atomic E-state index is 13.2. The SMILES string of the molecule is CNC(=O)C1CN(Cc2cc(C)c(OCc3ccc(OC)c(C(F)(F)F)c3)c(C)c2)C1. The molecule has 1 saturated heterocycles. The van der Waals surface area contributed by atoms with Gasteiger partial charge in [0, 0.05) is 26.7 Å². The monoisotopic (exact) mass is 436 g/mol. The fraction of sp³-hybridized carbons (Fsp3) is 0.435. The highest BCUT2D eigenvalue weighted by Crippen LogP contribution is 2.37. The van der Waals surface area contributed by atoms with Gasteiger partial charge in [0.25, 0.3) is 0 Å². The molecule has 1 fully saturated rings. The van der Waals surface area contributed by atoms with Gasteiger partial charge < -0.3 is 14.8 Å². The summed E-state index contributed by atoms with van der Waals surface area (Å²) < 4.78 is 50.4. The van der Waals surface area contributed by atoms with E-state index in [9.17, 15) is 18.0 Å². The number of amides is 1. The highest BCUT2D eigenvalue weighted by molar-refractivity contribution is 5.79. The van der Waals surface area contributed by atoms with Crippen molar-refractivity contribution in [3.63, 3.8) is 0 Å². The van der Waals surface area contributed by atoms with E-state index in [0.717, 1.165) is 42.4 Å². The summed E-state index contributed by atoms with van der Waals surface area (Å²) in [7, 11) is 2.86. The highest BCUT2D eigenvalue weighted by atomic mass is 19.4. The Balaban J connectivity index is 1.66. The van der Waals surface area contributed by atoms with E-state index in [1.54, 1.807) is 13.1 Å². The van der Waals surface area contributed by atoms with Crippen molar-refractivity contribution < 1.29 is 27.4 Å². The summed E-state index contributed by atoms with van der Waals surface area (Å²) in [4.78, 5) is 13.8. The number of rotatable bonds is 7. The number of benzene rings is 2. The van der Waals surface area contributed by atoms with Gasteiger partial charge in [-0.2, -0.15) is 13.2 Å². The minimum absolute atomic E-state index is 0.0219. The van der Waals surface area contributed by atoms with Gasteiger partial charge in [-0.15, -0.1) is 0 Å². The van der Waals surface area contributed by atoms with E-state index in [4.69, 9.17) is 9.47 Å². The van der Waals surface area contributed by atoms with Gasteiger partial charge in [-0.3, -0.25) is 9.69 Å². The molecule has 0 aliphatic carbocycles. The van der Waals surface area contributed by atoms with Crippen LogP contribution < -0.4 is 14.8 Å². The number of hydrogen-bond donors (Lipinski definition) is 1. The van der Waals surface area contributed by atoms with Crippen LogP contribution in [-0.2, 0) is 24.1 Å². The Labute approximate surface area is 180 Å². The number of likely N-dealkylation sites (tertiary alicyclic amines) is 1. The van der Waals surface area contributed by atoms with E-state index in [2.05, 4.69) is 10.2 Å². The number of carbonyl (C=O) groups excluding carboxylic acids is 1. The Morgan fingerprint density at radius 3 is 2.32 bits per heavy atom. The molecule has 1 aliphatic rings. The molecule has 8 heteroatoms. The van der Waals surface area contributed by atoms with Crippen LogP contribution in [0.4, 0.5) is 13.2 Å². The van der Waals surface area contributed by atoms with E-state index in [0.29, 0.717) is 11.3 Å². The molecule has 1 amide bonds. The third-order valence-electron chi connectivity index (χ3n) is 5.45. The topological polar surface area (TPSA) is 50.8 Å². The summed E-state index contributed by atoms with van der Waals surface area (Å²) in [5.41, 5.74) is 2.55. The smallest absolute Gasteiger partial charge is 0.419 e. The minimum Gasteiger partial charge on any atom is -0.496 e. The fourth-order valence-electron chi connectivity index (χ4n) is 3.91. The molecule has 31 heavy (non-hydrogen) atoms. The third kappa shape index (κ3) is 5.31. The zero-order chi connectivity index (χ0) is 22.8. The summed E-state index contributed by atoms with van der Waals surface area (Å²) in [5.74, 6) is 0.568. The van der Waals surface area contributed by atoms with Gasteiger partial charge in [0.15, 0.2) is 0 Å². The molecule has 1 heterocycles. The standard InChI is InChI=1S/C23H27F3N2O3/c1-14-7-17(10-28-11-18(12-28)22(29)27-3)8-15(2)21(14)31-13-16-5-6-20(30-4)19(9-16)23(24,25)26/h5-9,18H,10-13H2,1-4H3,(H,27,29). The Bertz CT molecular complexity index is 931. The molecule has 1 N–H and O–H groups in total. The average Bonchev–Trinajstić information content (AvgIpc) is 2.68. The molecule has 0 atom stereocenters. The van der Waals surface area contributed by atoms with E-state index >= 15 is 0 Å². The molecule has 0 spiro atoms. The molecule has 0 bridgehead atoms. The first-order chi connectivity index (χ1) is 14.6. The average molecular weight is 436 g/mol. The Kier molecular flexibility index (Phi) is 6.79. The number of alkyl halides is 3. The number of nitrogens with zero attached hydrogens (tertiary/aromatic N) is 1. The van der Waals surface area contributed by atoms with Gasteiger partial charge in [-0.25, -0.2) is 0 Å². The van der Waals surface area contributed by atoms with Crippen LogP contribution >= 0.6 is 0 Å². The predicted octanol–water partition coefficient (Wildman–Crippen LogP) is 4.09. The zero-order valence-electron chi connectivity index (χ0n) is 18.1. The van der Waals surface area contributed by atoms with Crippen LogP contribution in [-0.4, -0.2) is 38.1 Å². The Hall–Kier alpha value is -2.74. The van der Waals surface area contributed by atoms with Crippen LogP contribution in [0.15, 0.2) is 30.3 Å². The third-order valence-corrected chi connectivity index (χ3v) is 5.45. The molecule has 0 unspecified atom stereocenters. The summed E-state index contributed by atoms with van der Waals surface area (Å²) in [5, 5.41) is 2.67. The molecule has 168 valence electrons.